The van der Waals surface area contributed by atoms with E-state index in [0.29, 0.717) is 12.0 Å². The Balaban J connectivity index is 1.96. The largest absolute Gasteiger partial charge is 0.496 e. The fraction of sp³-hybridized carbons (Fsp3) is 0.650. The third kappa shape index (κ3) is 5.61. The van der Waals surface area contributed by atoms with Gasteiger partial charge in [0, 0.05) is 51.9 Å². The Bertz CT molecular complexity index is 571. The fourth-order valence-electron chi connectivity index (χ4n) is 3.44. The first-order valence-corrected chi connectivity index (χ1v) is 9.42. The van der Waals surface area contributed by atoms with Gasteiger partial charge in [-0.15, -0.1) is 0 Å². The maximum absolute atomic E-state index is 5.50. The maximum Gasteiger partial charge on any atom is 0.193 e. The Hall–Kier alpha value is -1.79. The van der Waals surface area contributed by atoms with E-state index in [2.05, 4.69) is 47.1 Å². The summed E-state index contributed by atoms with van der Waals surface area (Å²) in [7, 11) is 5.60. The average Bonchev–Trinajstić information content (AvgIpc) is 2.66. The number of hydrogen-bond acceptors (Lipinski definition) is 4. The van der Waals surface area contributed by atoms with Gasteiger partial charge in [-0.2, -0.15) is 0 Å². The molecule has 0 aromatic heterocycles. The van der Waals surface area contributed by atoms with Gasteiger partial charge >= 0.3 is 0 Å². The lowest BCUT2D eigenvalue weighted by Gasteiger charge is -2.37. The molecule has 1 unspecified atom stereocenters. The van der Waals surface area contributed by atoms with E-state index in [9.17, 15) is 0 Å². The second kappa shape index (κ2) is 10.4. The lowest BCUT2D eigenvalue weighted by molar-refractivity contribution is 0.00741. The summed E-state index contributed by atoms with van der Waals surface area (Å²) in [6.45, 7) is 9.83. The summed E-state index contributed by atoms with van der Waals surface area (Å²) in [5, 5.41) is 3.56. The van der Waals surface area contributed by atoms with Gasteiger partial charge in [0.1, 0.15) is 5.75 Å². The number of nitrogens with zero attached hydrogens (tertiary/aromatic N) is 3. The van der Waals surface area contributed by atoms with Crippen molar-refractivity contribution in [1.82, 2.24) is 15.1 Å². The van der Waals surface area contributed by atoms with Crippen LogP contribution in [0.3, 0.4) is 0 Å². The highest BCUT2D eigenvalue weighted by Crippen LogP contribution is 2.19. The van der Waals surface area contributed by atoms with Crippen LogP contribution in [0.1, 0.15) is 19.4 Å². The van der Waals surface area contributed by atoms with E-state index in [1.807, 2.05) is 25.2 Å². The molecular weight excluding hydrogens is 328 g/mol. The lowest BCUT2D eigenvalue weighted by atomic mass is 10.0. The van der Waals surface area contributed by atoms with Crippen molar-refractivity contribution in [3.8, 4) is 5.75 Å². The molecule has 2 rings (SSSR count). The van der Waals surface area contributed by atoms with E-state index in [4.69, 9.17) is 9.47 Å². The van der Waals surface area contributed by atoms with Crippen molar-refractivity contribution in [2.24, 2.45) is 10.9 Å². The summed E-state index contributed by atoms with van der Waals surface area (Å²) in [6, 6.07) is 8.58. The van der Waals surface area contributed by atoms with E-state index in [-0.39, 0.29) is 0 Å². The van der Waals surface area contributed by atoms with E-state index < -0.39 is 0 Å². The zero-order valence-electron chi connectivity index (χ0n) is 16.9. The summed E-state index contributed by atoms with van der Waals surface area (Å²) in [6.07, 6.45) is 0. The van der Waals surface area contributed by atoms with Crippen molar-refractivity contribution < 1.29 is 9.47 Å². The molecule has 0 amide bonds. The van der Waals surface area contributed by atoms with Crippen LogP contribution in [0.2, 0.25) is 0 Å². The molecule has 0 saturated carbocycles. The number of hydrogen-bond donors (Lipinski definition) is 1. The van der Waals surface area contributed by atoms with Gasteiger partial charge in [0.15, 0.2) is 5.96 Å². The lowest BCUT2D eigenvalue weighted by Crippen LogP contribution is -2.52. The molecule has 6 heteroatoms. The van der Waals surface area contributed by atoms with E-state index >= 15 is 0 Å². The predicted molar refractivity (Wildman–Crippen MR) is 107 cm³/mol. The monoisotopic (exact) mass is 362 g/mol. The standard InChI is InChI=1S/C20H34N4O2/c1-16(2)18(24-10-12-26-13-11-24)14-22-20(21-3)23(4)15-17-8-6-7-9-19(17)25-5/h6-9,16,18H,10-15H2,1-5H3,(H,21,22). The Kier molecular flexibility index (Phi) is 8.19. The van der Waals surface area contributed by atoms with Gasteiger partial charge < -0.3 is 19.7 Å². The molecule has 1 atom stereocenters. The Morgan fingerprint density at radius 2 is 2.00 bits per heavy atom. The average molecular weight is 363 g/mol. The highest BCUT2D eigenvalue weighted by atomic mass is 16.5. The van der Waals surface area contributed by atoms with Gasteiger partial charge in [-0.1, -0.05) is 32.0 Å². The molecule has 0 bridgehead atoms. The van der Waals surface area contributed by atoms with Gasteiger partial charge in [0.2, 0.25) is 0 Å². The normalized spacial score (nSPS) is 17.2. The molecule has 0 radical (unpaired) electrons. The molecular formula is C20H34N4O2. The molecule has 1 aromatic carbocycles. The molecule has 1 aliphatic heterocycles. The van der Waals surface area contributed by atoms with Crippen molar-refractivity contribution >= 4 is 5.96 Å². The summed E-state index contributed by atoms with van der Waals surface area (Å²) >= 11 is 0. The fourth-order valence-corrected chi connectivity index (χ4v) is 3.44. The Labute approximate surface area is 158 Å². The minimum Gasteiger partial charge on any atom is -0.496 e. The SMILES string of the molecule is CN=C(NCC(C(C)C)N1CCOCC1)N(C)Cc1ccccc1OC. The number of guanidine groups is 1. The molecule has 26 heavy (non-hydrogen) atoms. The number of nitrogens with one attached hydrogen (secondary N) is 1. The number of methoxy groups -OCH3 is 1. The third-order valence-corrected chi connectivity index (χ3v) is 4.93. The van der Waals surface area contributed by atoms with E-state index in [1.165, 1.54) is 0 Å². The smallest absolute Gasteiger partial charge is 0.193 e. The molecule has 0 aliphatic carbocycles. The molecule has 1 saturated heterocycles. The molecule has 6 nitrogen and oxygen atoms in total. The Morgan fingerprint density at radius 3 is 2.62 bits per heavy atom. The summed E-state index contributed by atoms with van der Waals surface area (Å²) in [5.74, 6) is 2.37. The first kappa shape index (κ1) is 20.5. The van der Waals surface area contributed by atoms with Gasteiger partial charge in [-0.05, 0) is 12.0 Å². The molecule has 146 valence electrons. The van der Waals surface area contributed by atoms with Gasteiger partial charge in [0.25, 0.3) is 0 Å². The van der Waals surface area contributed by atoms with Crippen molar-refractivity contribution in [3.63, 3.8) is 0 Å². The Morgan fingerprint density at radius 1 is 1.31 bits per heavy atom. The van der Waals surface area contributed by atoms with Gasteiger partial charge in [0.05, 0.1) is 20.3 Å². The summed E-state index contributed by atoms with van der Waals surface area (Å²) < 4.78 is 11.0. The predicted octanol–water partition coefficient (Wildman–Crippen LogP) is 2.06. The molecule has 1 fully saturated rings. The van der Waals surface area contributed by atoms with Gasteiger partial charge in [-0.25, -0.2) is 0 Å². The second-order valence-electron chi connectivity index (χ2n) is 7.06. The van der Waals surface area contributed by atoms with Crippen molar-refractivity contribution in [2.75, 3.05) is 54.1 Å². The molecule has 1 aromatic rings. The van der Waals surface area contributed by atoms with E-state index in [0.717, 1.165) is 56.7 Å². The van der Waals surface area contributed by atoms with Crippen molar-refractivity contribution in [1.29, 1.82) is 0 Å². The number of ether oxygens (including phenoxy) is 2. The number of benzene rings is 1. The van der Waals surface area contributed by atoms with Crippen LogP contribution >= 0.6 is 0 Å². The number of aliphatic imine (C=N–C) groups is 1. The number of rotatable bonds is 7. The van der Waals surface area contributed by atoms with Crippen LogP contribution in [0.15, 0.2) is 29.3 Å². The van der Waals surface area contributed by atoms with Crippen molar-refractivity contribution in [3.05, 3.63) is 29.8 Å². The van der Waals surface area contributed by atoms with Crippen LogP contribution in [0.25, 0.3) is 0 Å². The molecule has 0 spiro atoms. The first-order valence-electron chi connectivity index (χ1n) is 9.42. The maximum atomic E-state index is 5.50. The molecule has 1 N–H and O–H groups in total. The second-order valence-corrected chi connectivity index (χ2v) is 7.06. The highest BCUT2D eigenvalue weighted by Gasteiger charge is 2.24. The summed E-state index contributed by atoms with van der Waals surface area (Å²) in [4.78, 5) is 9.12. The quantitative estimate of drug-likeness (QED) is 0.594. The zero-order valence-corrected chi connectivity index (χ0v) is 16.9. The van der Waals surface area contributed by atoms with E-state index in [1.54, 1.807) is 7.11 Å². The van der Waals surface area contributed by atoms with Crippen LogP contribution in [-0.2, 0) is 11.3 Å². The summed E-state index contributed by atoms with van der Waals surface area (Å²) in [5.41, 5.74) is 1.15. The van der Waals surface area contributed by atoms with Gasteiger partial charge in [-0.3, -0.25) is 9.89 Å². The van der Waals surface area contributed by atoms with Crippen LogP contribution in [0.4, 0.5) is 0 Å². The minimum atomic E-state index is 0.468. The van der Waals surface area contributed by atoms with Crippen LogP contribution in [0, 0.1) is 5.92 Å². The topological polar surface area (TPSA) is 49.3 Å². The third-order valence-electron chi connectivity index (χ3n) is 4.93. The molecule has 1 aliphatic rings. The van der Waals surface area contributed by atoms with Crippen LogP contribution < -0.4 is 10.1 Å². The van der Waals surface area contributed by atoms with Crippen LogP contribution in [0.5, 0.6) is 5.75 Å². The van der Waals surface area contributed by atoms with Crippen molar-refractivity contribution in [2.45, 2.75) is 26.4 Å². The zero-order chi connectivity index (χ0) is 18.9. The van der Waals surface area contributed by atoms with Crippen LogP contribution in [-0.4, -0.2) is 75.9 Å². The highest BCUT2D eigenvalue weighted by molar-refractivity contribution is 5.79. The number of morpholine rings is 1. The number of para-hydroxylation sites is 1. The minimum absolute atomic E-state index is 0.468. The molecule has 1 heterocycles. The first-order chi connectivity index (χ1) is 12.6.